The predicted octanol–water partition coefficient (Wildman–Crippen LogP) is 1.58. The number of carbonyl (C=O) groups is 1. The summed E-state index contributed by atoms with van der Waals surface area (Å²) in [4.78, 5) is 10.7. The first-order valence-electron chi connectivity index (χ1n) is 4.43. The number of rotatable bonds is 4. The van der Waals surface area contributed by atoms with Gasteiger partial charge in [0, 0.05) is 11.9 Å². The van der Waals surface area contributed by atoms with Crippen LogP contribution < -0.4 is 4.72 Å². The summed E-state index contributed by atoms with van der Waals surface area (Å²) in [5.41, 5.74) is 1.45. The van der Waals surface area contributed by atoms with E-state index in [9.17, 15) is 9.00 Å². The van der Waals surface area contributed by atoms with Crippen molar-refractivity contribution in [2.24, 2.45) is 0 Å². The van der Waals surface area contributed by atoms with Gasteiger partial charge in [0.1, 0.15) is 11.0 Å². The first-order chi connectivity index (χ1) is 7.00. The minimum atomic E-state index is -1.11. The van der Waals surface area contributed by atoms with Gasteiger partial charge in [0.25, 0.3) is 0 Å². The molecular weight excluding hydrogens is 214 g/mol. The van der Waals surface area contributed by atoms with E-state index in [1.54, 1.807) is 31.2 Å². The zero-order chi connectivity index (χ0) is 11.4. The molecule has 82 valence electrons. The lowest BCUT2D eigenvalue weighted by molar-refractivity contribution is -0.138. The van der Waals surface area contributed by atoms with Crippen LogP contribution >= 0.6 is 0 Å². The van der Waals surface area contributed by atoms with Gasteiger partial charge in [-0.2, -0.15) is 0 Å². The topological polar surface area (TPSA) is 66.4 Å². The van der Waals surface area contributed by atoms with E-state index < -0.39 is 22.9 Å². The highest BCUT2D eigenvalue weighted by molar-refractivity contribution is 7.85. The van der Waals surface area contributed by atoms with Gasteiger partial charge in [-0.05, 0) is 24.6 Å². The van der Waals surface area contributed by atoms with E-state index in [0.717, 1.165) is 11.3 Å². The lowest BCUT2D eigenvalue weighted by Crippen LogP contribution is -2.07. The van der Waals surface area contributed by atoms with E-state index in [-0.39, 0.29) is 0 Å². The zero-order valence-electron chi connectivity index (χ0n) is 8.56. The van der Waals surface area contributed by atoms with Crippen LogP contribution in [0.4, 0.5) is 5.69 Å². The Bertz CT molecular complexity index is 375. The molecule has 0 amide bonds. The van der Waals surface area contributed by atoms with E-state index in [2.05, 4.69) is 4.72 Å². The van der Waals surface area contributed by atoms with Gasteiger partial charge in [-0.25, -0.2) is 4.21 Å². The maximum absolute atomic E-state index is 10.8. The number of aliphatic carboxylic acids is 1. The standard InChI is InChI=1S/C10H13NO3S/c1-7(10(12)13)8-3-5-9(6-4-8)11-15(2)14/h3-7,11H,1-2H3,(H,12,13). The van der Waals surface area contributed by atoms with Crippen molar-refractivity contribution in [3.05, 3.63) is 29.8 Å². The van der Waals surface area contributed by atoms with Crippen molar-refractivity contribution in [2.45, 2.75) is 12.8 Å². The quantitative estimate of drug-likeness (QED) is 0.820. The molecule has 0 bridgehead atoms. The third-order valence-electron chi connectivity index (χ3n) is 2.04. The number of anilines is 1. The molecule has 1 aromatic carbocycles. The number of benzene rings is 1. The summed E-state index contributed by atoms with van der Waals surface area (Å²) >= 11 is 0. The van der Waals surface area contributed by atoms with Gasteiger partial charge in [-0.3, -0.25) is 4.79 Å². The van der Waals surface area contributed by atoms with E-state index >= 15 is 0 Å². The fourth-order valence-corrected chi connectivity index (χ4v) is 1.62. The molecule has 0 saturated heterocycles. The van der Waals surface area contributed by atoms with Gasteiger partial charge in [0.2, 0.25) is 0 Å². The summed E-state index contributed by atoms with van der Waals surface area (Å²) in [6.45, 7) is 1.63. The highest BCUT2D eigenvalue weighted by Gasteiger charge is 2.12. The van der Waals surface area contributed by atoms with Crippen molar-refractivity contribution in [2.75, 3.05) is 11.0 Å². The van der Waals surface area contributed by atoms with Gasteiger partial charge in [-0.1, -0.05) is 12.1 Å². The number of hydrogen-bond acceptors (Lipinski definition) is 2. The predicted molar refractivity (Wildman–Crippen MR) is 60.2 cm³/mol. The molecule has 0 spiro atoms. The van der Waals surface area contributed by atoms with Crippen LogP contribution in [0, 0.1) is 0 Å². The molecule has 0 aromatic heterocycles. The highest BCUT2D eigenvalue weighted by atomic mass is 32.2. The highest BCUT2D eigenvalue weighted by Crippen LogP contribution is 2.18. The molecule has 0 aliphatic rings. The number of carboxylic acids is 1. The summed E-state index contributed by atoms with van der Waals surface area (Å²) in [6, 6.07) is 6.87. The minimum absolute atomic E-state index is 0.522. The van der Waals surface area contributed by atoms with Crippen molar-refractivity contribution in [3.63, 3.8) is 0 Å². The Hall–Kier alpha value is -1.36. The number of carboxylic acid groups (broad SMARTS) is 1. The Morgan fingerprint density at radius 3 is 2.33 bits per heavy atom. The second-order valence-electron chi connectivity index (χ2n) is 3.24. The van der Waals surface area contributed by atoms with Crippen molar-refractivity contribution in [1.82, 2.24) is 0 Å². The van der Waals surface area contributed by atoms with E-state index in [1.807, 2.05) is 0 Å². The van der Waals surface area contributed by atoms with Crippen molar-refractivity contribution in [1.29, 1.82) is 0 Å². The first kappa shape index (κ1) is 11.7. The molecule has 0 aliphatic heterocycles. The average Bonchev–Trinajstić information content (AvgIpc) is 2.17. The maximum atomic E-state index is 10.8. The minimum Gasteiger partial charge on any atom is -0.481 e. The van der Waals surface area contributed by atoms with Crippen LogP contribution in [0.1, 0.15) is 18.4 Å². The Balaban J connectivity index is 2.80. The molecule has 5 heteroatoms. The second-order valence-corrected chi connectivity index (χ2v) is 4.35. The maximum Gasteiger partial charge on any atom is 0.310 e. The third-order valence-corrected chi connectivity index (χ3v) is 2.57. The first-order valence-corrected chi connectivity index (χ1v) is 5.99. The molecule has 0 heterocycles. The van der Waals surface area contributed by atoms with Crippen LogP contribution in [-0.4, -0.2) is 21.5 Å². The van der Waals surface area contributed by atoms with Crippen LogP contribution in [0.2, 0.25) is 0 Å². The number of nitrogens with one attached hydrogen (secondary N) is 1. The SMILES string of the molecule is CC(C(=O)O)c1ccc(NS(C)=O)cc1. The van der Waals surface area contributed by atoms with Crippen LogP contribution in [0.25, 0.3) is 0 Å². The Labute approximate surface area is 90.9 Å². The largest absolute Gasteiger partial charge is 0.481 e. The molecule has 0 radical (unpaired) electrons. The average molecular weight is 227 g/mol. The van der Waals surface area contributed by atoms with Crippen LogP contribution in [-0.2, 0) is 15.8 Å². The van der Waals surface area contributed by atoms with Crippen LogP contribution in [0.5, 0.6) is 0 Å². The molecule has 0 aliphatic carbocycles. The summed E-state index contributed by atoms with van der Waals surface area (Å²) in [7, 11) is -1.11. The Kier molecular flexibility index (Phi) is 3.85. The molecule has 1 rings (SSSR count). The van der Waals surface area contributed by atoms with Crippen LogP contribution in [0.15, 0.2) is 24.3 Å². The fraction of sp³-hybridized carbons (Fsp3) is 0.300. The third kappa shape index (κ3) is 3.36. The molecule has 0 saturated carbocycles. The Morgan fingerprint density at radius 2 is 1.93 bits per heavy atom. The normalized spacial score (nSPS) is 14.3. The van der Waals surface area contributed by atoms with Gasteiger partial charge in [0.15, 0.2) is 0 Å². The van der Waals surface area contributed by atoms with Crippen molar-refractivity contribution >= 4 is 22.6 Å². The van der Waals surface area contributed by atoms with Crippen molar-refractivity contribution < 1.29 is 14.1 Å². The molecule has 2 N–H and O–H groups in total. The lowest BCUT2D eigenvalue weighted by Gasteiger charge is -2.07. The van der Waals surface area contributed by atoms with E-state index in [0.29, 0.717) is 0 Å². The summed E-state index contributed by atoms with van der Waals surface area (Å²) < 4.78 is 13.6. The monoisotopic (exact) mass is 227 g/mol. The molecule has 0 fully saturated rings. The Morgan fingerprint density at radius 1 is 1.40 bits per heavy atom. The van der Waals surface area contributed by atoms with Gasteiger partial charge in [-0.15, -0.1) is 0 Å². The summed E-state index contributed by atoms with van der Waals surface area (Å²) in [5.74, 6) is -1.37. The second kappa shape index (κ2) is 4.93. The fourth-order valence-electron chi connectivity index (χ4n) is 1.15. The van der Waals surface area contributed by atoms with E-state index in [4.69, 9.17) is 5.11 Å². The molecule has 1 aromatic rings. The van der Waals surface area contributed by atoms with Gasteiger partial charge >= 0.3 is 5.97 Å². The lowest BCUT2D eigenvalue weighted by atomic mass is 10.0. The molecule has 15 heavy (non-hydrogen) atoms. The van der Waals surface area contributed by atoms with Gasteiger partial charge in [0.05, 0.1) is 5.92 Å². The van der Waals surface area contributed by atoms with Gasteiger partial charge < -0.3 is 9.83 Å². The molecular formula is C10H13NO3S. The smallest absolute Gasteiger partial charge is 0.310 e. The molecule has 2 unspecified atom stereocenters. The van der Waals surface area contributed by atoms with Crippen LogP contribution in [0.3, 0.4) is 0 Å². The number of hydrogen-bond donors (Lipinski definition) is 2. The zero-order valence-corrected chi connectivity index (χ0v) is 9.38. The molecule has 4 nitrogen and oxygen atoms in total. The summed E-state index contributed by atoms with van der Waals surface area (Å²) in [5, 5.41) is 8.79. The van der Waals surface area contributed by atoms with Crippen molar-refractivity contribution in [3.8, 4) is 0 Å². The summed E-state index contributed by atoms with van der Waals surface area (Å²) in [6.07, 6.45) is 1.54. The molecule has 2 atom stereocenters. The van der Waals surface area contributed by atoms with E-state index in [1.165, 1.54) is 6.26 Å².